The van der Waals surface area contributed by atoms with Crippen LogP contribution in [-0.4, -0.2) is 29.1 Å². The third-order valence-corrected chi connectivity index (χ3v) is 4.19. The fourth-order valence-corrected chi connectivity index (χ4v) is 3.11. The minimum Gasteiger partial charge on any atom is -0.326 e. The smallest absolute Gasteiger partial charge is 0.140 e. The van der Waals surface area contributed by atoms with E-state index >= 15 is 0 Å². The van der Waals surface area contributed by atoms with Gasteiger partial charge in [-0.3, -0.25) is 4.68 Å². The average molecular weight is 332 g/mol. The SMILES string of the molecule is Cc1cc(C)n(-c2cccc(-c3nccn3Cc3cnn(C)c3)c2)n1. The van der Waals surface area contributed by atoms with Gasteiger partial charge in [0.1, 0.15) is 5.82 Å². The number of aryl methyl sites for hydroxylation is 3. The van der Waals surface area contributed by atoms with Gasteiger partial charge in [0, 0.05) is 42.5 Å². The fourth-order valence-electron chi connectivity index (χ4n) is 3.11. The third kappa shape index (κ3) is 2.98. The van der Waals surface area contributed by atoms with Crippen LogP contribution < -0.4 is 0 Å². The normalized spacial score (nSPS) is 11.2. The molecular formula is C19H20N6. The van der Waals surface area contributed by atoms with Gasteiger partial charge in [0.15, 0.2) is 0 Å². The van der Waals surface area contributed by atoms with Crippen molar-refractivity contribution in [1.82, 2.24) is 29.1 Å². The van der Waals surface area contributed by atoms with Crippen LogP contribution in [0.4, 0.5) is 0 Å². The maximum atomic E-state index is 4.57. The molecule has 25 heavy (non-hydrogen) atoms. The largest absolute Gasteiger partial charge is 0.326 e. The third-order valence-electron chi connectivity index (χ3n) is 4.19. The molecule has 0 saturated heterocycles. The van der Waals surface area contributed by atoms with Crippen LogP contribution in [0.5, 0.6) is 0 Å². The molecule has 3 aromatic heterocycles. The molecule has 3 heterocycles. The number of imidazole rings is 1. The zero-order valence-electron chi connectivity index (χ0n) is 14.6. The number of aromatic nitrogens is 6. The van der Waals surface area contributed by atoms with Crippen LogP contribution in [0.3, 0.4) is 0 Å². The van der Waals surface area contributed by atoms with Crippen LogP contribution in [0.1, 0.15) is 17.0 Å². The summed E-state index contributed by atoms with van der Waals surface area (Å²) < 4.78 is 5.92. The van der Waals surface area contributed by atoms with E-state index in [1.54, 1.807) is 0 Å². The summed E-state index contributed by atoms with van der Waals surface area (Å²) in [6.45, 7) is 4.82. The predicted molar refractivity (Wildman–Crippen MR) is 96.6 cm³/mol. The first-order chi connectivity index (χ1) is 12.1. The van der Waals surface area contributed by atoms with Gasteiger partial charge in [-0.2, -0.15) is 10.2 Å². The molecule has 0 bridgehead atoms. The van der Waals surface area contributed by atoms with Gasteiger partial charge in [-0.25, -0.2) is 9.67 Å². The Balaban J connectivity index is 1.70. The Morgan fingerprint density at radius 3 is 2.72 bits per heavy atom. The molecule has 4 rings (SSSR count). The molecule has 0 aliphatic heterocycles. The van der Waals surface area contributed by atoms with Crippen molar-refractivity contribution in [3.8, 4) is 17.1 Å². The van der Waals surface area contributed by atoms with Crippen molar-refractivity contribution in [1.29, 1.82) is 0 Å². The summed E-state index contributed by atoms with van der Waals surface area (Å²) in [4.78, 5) is 4.56. The van der Waals surface area contributed by atoms with Crippen LogP contribution in [0.25, 0.3) is 17.1 Å². The first-order valence-corrected chi connectivity index (χ1v) is 8.23. The summed E-state index contributed by atoms with van der Waals surface area (Å²) in [6, 6.07) is 10.4. The topological polar surface area (TPSA) is 53.5 Å². The molecular weight excluding hydrogens is 312 g/mol. The molecule has 0 spiro atoms. The molecule has 0 unspecified atom stereocenters. The quantitative estimate of drug-likeness (QED) is 0.577. The van der Waals surface area contributed by atoms with E-state index in [9.17, 15) is 0 Å². The number of nitrogens with zero attached hydrogens (tertiary/aromatic N) is 6. The second kappa shape index (κ2) is 6.05. The van der Waals surface area contributed by atoms with E-state index in [0.717, 1.165) is 40.6 Å². The molecule has 0 atom stereocenters. The molecule has 1 aromatic carbocycles. The van der Waals surface area contributed by atoms with Gasteiger partial charge in [0.05, 0.1) is 24.1 Å². The minimum absolute atomic E-state index is 0.743. The first kappa shape index (κ1) is 15.4. The van der Waals surface area contributed by atoms with Gasteiger partial charge in [-0.15, -0.1) is 0 Å². The number of hydrogen-bond acceptors (Lipinski definition) is 3. The summed E-state index contributed by atoms with van der Waals surface area (Å²) in [6.07, 6.45) is 7.74. The van der Waals surface area contributed by atoms with Gasteiger partial charge >= 0.3 is 0 Å². The van der Waals surface area contributed by atoms with Crippen molar-refractivity contribution in [2.24, 2.45) is 7.05 Å². The molecule has 6 heteroatoms. The van der Waals surface area contributed by atoms with Crippen LogP contribution in [0, 0.1) is 13.8 Å². The molecule has 0 aliphatic rings. The number of benzene rings is 1. The highest BCUT2D eigenvalue weighted by Crippen LogP contribution is 2.22. The lowest BCUT2D eigenvalue weighted by atomic mass is 10.2. The van der Waals surface area contributed by atoms with E-state index in [2.05, 4.69) is 50.9 Å². The van der Waals surface area contributed by atoms with E-state index in [4.69, 9.17) is 0 Å². The molecule has 4 aromatic rings. The maximum Gasteiger partial charge on any atom is 0.140 e. The molecule has 126 valence electrons. The Labute approximate surface area is 146 Å². The molecule has 0 fully saturated rings. The second-order valence-electron chi connectivity index (χ2n) is 6.29. The summed E-state index contributed by atoms with van der Waals surface area (Å²) in [7, 11) is 1.93. The summed E-state index contributed by atoms with van der Waals surface area (Å²) in [5.41, 5.74) is 5.39. The van der Waals surface area contributed by atoms with Crippen molar-refractivity contribution in [3.05, 3.63) is 72.1 Å². The molecule has 0 N–H and O–H groups in total. The van der Waals surface area contributed by atoms with Crippen molar-refractivity contribution in [3.63, 3.8) is 0 Å². The first-order valence-electron chi connectivity index (χ1n) is 8.23. The highest BCUT2D eigenvalue weighted by Gasteiger charge is 2.10. The van der Waals surface area contributed by atoms with Crippen molar-refractivity contribution >= 4 is 0 Å². The highest BCUT2D eigenvalue weighted by atomic mass is 15.3. The van der Waals surface area contributed by atoms with Gasteiger partial charge < -0.3 is 4.57 Å². The Bertz CT molecular complexity index is 1020. The second-order valence-corrected chi connectivity index (χ2v) is 6.29. The number of rotatable bonds is 4. The predicted octanol–water partition coefficient (Wildman–Crippen LogP) is 3.13. The van der Waals surface area contributed by atoms with E-state index < -0.39 is 0 Å². The van der Waals surface area contributed by atoms with Crippen molar-refractivity contribution in [2.45, 2.75) is 20.4 Å². The van der Waals surface area contributed by atoms with E-state index in [-0.39, 0.29) is 0 Å². The van der Waals surface area contributed by atoms with Gasteiger partial charge in [-0.05, 0) is 32.0 Å². The van der Waals surface area contributed by atoms with Crippen LogP contribution in [-0.2, 0) is 13.6 Å². The molecule has 0 radical (unpaired) electrons. The van der Waals surface area contributed by atoms with Gasteiger partial charge in [-0.1, -0.05) is 12.1 Å². The summed E-state index contributed by atoms with van der Waals surface area (Å²) in [5, 5.41) is 8.81. The Kier molecular flexibility index (Phi) is 3.72. The van der Waals surface area contributed by atoms with Gasteiger partial charge in [0.25, 0.3) is 0 Å². The standard InChI is InChI=1S/C19H20N6/c1-14-9-15(2)25(22-14)18-6-4-5-17(10-18)19-20-7-8-24(19)13-16-11-21-23(3)12-16/h4-12H,13H2,1-3H3. The number of hydrogen-bond donors (Lipinski definition) is 0. The van der Waals surface area contributed by atoms with Crippen LogP contribution >= 0.6 is 0 Å². The lowest BCUT2D eigenvalue weighted by Gasteiger charge is -2.09. The monoisotopic (exact) mass is 332 g/mol. The summed E-state index contributed by atoms with van der Waals surface area (Å²) >= 11 is 0. The zero-order chi connectivity index (χ0) is 17.4. The van der Waals surface area contributed by atoms with Crippen molar-refractivity contribution < 1.29 is 0 Å². The Hall–Kier alpha value is -3.15. The minimum atomic E-state index is 0.743. The van der Waals surface area contributed by atoms with Gasteiger partial charge in [0.2, 0.25) is 0 Å². The van der Waals surface area contributed by atoms with E-state index in [1.807, 2.05) is 54.2 Å². The lowest BCUT2D eigenvalue weighted by molar-refractivity contribution is 0.763. The highest BCUT2D eigenvalue weighted by molar-refractivity contribution is 5.59. The summed E-state index contributed by atoms with van der Waals surface area (Å²) in [5.74, 6) is 0.937. The van der Waals surface area contributed by atoms with E-state index in [1.165, 1.54) is 0 Å². The molecule has 0 saturated carbocycles. The fraction of sp³-hybridized carbons (Fsp3) is 0.211. The zero-order valence-corrected chi connectivity index (χ0v) is 14.6. The Morgan fingerprint density at radius 2 is 2.00 bits per heavy atom. The molecule has 6 nitrogen and oxygen atoms in total. The average Bonchev–Trinajstić information content (AvgIpc) is 3.29. The lowest BCUT2D eigenvalue weighted by Crippen LogP contribution is -2.02. The van der Waals surface area contributed by atoms with Crippen molar-refractivity contribution in [2.75, 3.05) is 0 Å². The van der Waals surface area contributed by atoms with E-state index in [0.29, 0.717) is 0 Å². The van der Waals surface area contributed by atoms with Crippen LogP contribution in [0.15, 0.2) is 55.1 Å². The maximum absolute atomic E-state index is 4.57. The molecule has 0 aliphatic carbocycles. The van der Waals surface area contributed by atoms with Crippen LogP contribution in [0.2, 0.25) is 0 Å². The molecule has 0 amide bonds. The Morgan fingerprint density at radius 1 is 1.12 bits per heavy atom.